The molecule has 13 nitrogen and oxygen atoms in total. The maximum atomic E-state index is 14.1. The summed E-state index contributed by atoms with van der Waals surface area (Å²) in [6, 6.07) is 16.4. The van der Waals surface area contributed by atoms with Crippen LogP contribution >= 0.6 is 12.4 Å². The maximum absolute atomic E-state index is 14.1. The highest BCUT2D eigenvalue weighted by Gasteiger charge is 2.35. The zero-order valence-electron chi connectivity index (χ0n) is 32.1. The predicted molar refractivity (Wildman–Crippen MR) is 216 cm³/mol. The lowest BCUT2D eigenvalue weighted by Crippen LogP contribution is -2.50. The summed E-state index contributed by atoms with van der Waals surface area (Å²) >= 11 is 0. The molecule has 2 fully saturated rings. The van der Waals surface area contributed by atoms with E-state index in [1.165, 1.54) is 4.90 Å². The number of hydrogen-bond acceptors (Lipinski definition) is 10. The highest BCUT2D eigenvalue weighted by Crippen LogP contribution is 2.32. The van der Waals surface area contributed by atoms with Crippen molar-refractivity contribution < 1.29 is 14.4 Å². The number of nitrogens with one attached hydrogen (secondary N) is 2. The van der Waals surface area contributed by atoms with Crippen molar-refractivity contribution in [2.24, 2.45) is 23.3 Å². The second-order valence-electron chi connectivity index (χ2n) is 14.8. The molecule has 3 amide bonds. The van der Waals surface area contributed by atoms with Gasteiger partial charge in [-0.05, 0) is 142 Å². The number of amides is 3. The number of benzene rings is 2. The molecule has 0 saturated heterocycles. The van der Waals surface area contributed by atoms with Crippen LogP contribution in [0.15, 0.2) is 60.8 Å². The summed E-state index contributed by atoms with van der Waals surface area (Å²) in [6.07, 6.45) is 9.21. The van der Waals surface area contributed by atoms with E-state index in [1.807, 2.05) is 37.3 Å². The molecule has 0 spiro atoms. The number of aryl methyl sites for hydroxylation is 1. The summed E-state index contributed by atoms with van der Waals surface area (Å²) in [5.74, 6) is -0.306. The minimum absolute atomic E-state index is 0. The third kappa shape index (κ3) is 10.0. The smallest absolute Gasteiger partial charge is 0.270 e. The largest absolute Gasteiger partial charge is 0.348 e. The lowest BCUT2D eigenvalue weighted by Gasteiger charge is -2.36. The molecule has 2 heterocycles. The molecule has 1 atom stereocenters. The second kappa shape index (κ2) is 19.3. The minimum atomic E-state index is -0.953. The fraction of sp³-hybridized carbons (Fsp3) is 0.488. The molecule has 4 aromatic rings. The second-order valence-corrected chi connectivity index (χ2v) is 14.8. The molecule has 0 radical (unpaired) electrons. The van der Waals surface area contributed by atoms with Crippen LogP contribution in [0.2, 0.25) is 0 Å². The van der Waals surface area contributed by atoms with E-state index in [1.54, 1.807) is 30.5 Å². The van der Waals surface area contributed by atoms with E-state index >= 15 is 0 Å². The van der Waals surface area contributed by atoms with Crippen molar-refractivity contribution in [1.82, 2.24) is 35.8 Å². The number of tetrazole rings is 1. The normalized spacial score (nSPS) is 20.3. The Morgan fingerprint density at radius 3 is 2.15 bits per heavy atom. The molecule has 6 N–H and O–H groups in total. The third-order valence-corrected chi connectivity index (χ3v) is 11.4. The lowest BCUT2D eigenvalue weighted by molar-refractivity contribution is -0.130. The zero-order chi connectivity index (χ0) is 38.2. The Hall–Kier alpha value is -4.56. The summed E-state index contributed by atoms with van der Waals surface area (Å²) in [6.45, 7) is 9.11. The SMILES string of the molecule is CCN(CC)C1CCC(NC(=O)c2cc(C)c(-c3ccc(C[C@H](N)C(=O)N(C(=O)C4CCC(CN)CC4)c4ccc(-c5nn[nH]n5)cc4)cc3)cn2)CC1.Cl. The van der Waals surface area contributed by atoms with E-state index in [-0.39, 0.29) is 42.6 Å². The van der Waals surface area contributed by atoms with E-state index in [9.17, 15) is 14.4 Å². The van der Waals surface area contributed by atoms with Crippen molar-refractivity contribution in [3.05, 3.63) is 77.6 Å². The number of nitrogens with zero attached hydrogens (tertiary/aromatic N) is 6. The molecule has 2 saturated carbocycles. The summed E-state index contributed by atoms with van der Waals surface area (Å²) in [4.78, 5) is 49.5. The van der Waals surface area contributed by atoms with Crippen LogP contribution in [0.5, 0.6) is 0 Å². The fourth-order valence-corrected chi connectivity index (χ4v) is 8.13. The Bertz CT molecular complexity index is 1850. The number of nitrogens with two attached hydrogens (primary N) is 2. The minimum Gasteiger partial charge on any atom is -0.348 e. The molecule has 6 rings (SSSR count). The molecule has 55 heavy (non-hydrogen) atoms. The Morgan fingerprint density at radius 2 is 1.56 bits per heavy atom. The molecule has 2 aliphatic rings. The third-order valence-electron chi connectivity index (χ3n) is 11.4. The summed E-state index contributed by atoms with van der Waals surface area (Å²) < 4.78 is 0. The molecule has 0 aliphatic heterocycles. The van der Waals surface area contributed by atoms with Gasteiger partial charge in [0.25, 0.3) is 11.8 Å². The van der Waals surface area contributed by atoms with Gasteiger partial charge in [-0.2, -0.15) is 5.21 Å². The Labute approximate surface area is 329 Å². The number of imide groups is 1. The molecule has 2 aliphatic carbocycles. The maximum Gasteiger partial charge on any atom is 0.270 e. The molecule has 0 unspecified atom stereocenters. The van der Waals surface area contributed by atoms with Gasteiger partial charge in [0, 0.05) is 35.3 Å². The van der Waals surface area contributed by atoms with Crippen molar-refractivity contribution in [3.63, 3.8) is 0 Å². The first-order valence-corrected chi connectivity index (χ1v) is 19.5. The van der Waals surface area contributed by atoms with Crippen LogP contribution in [0.4, 0.5) is 5.69 Å². The van der Waals surface area contributed by atoms with E-state index < -0.39 is 11.9 Å². The van der Waals surface area contributed by atoms with Gasteiger partial charge in [0.15, 0.2) is 0 Å². The number of hydrogen-bond donors (Lipinski definition) is 4. The van der Waals surface area contributed by atoms with Crippen LogP contribution < -0.4 is 21.7 Å². The van der Waals surface area contributed by atoms with Crippen LogP contribution in [0.25, 0.3) is 22.5 Å². The molecule has 294 valence electrons. The molecule has 0 bridgehead atoms. The number of aromatic nitrogens is 5. The van der Waals surface area contributed by atoms with Crippen LogP contribution in [0, 0.1) is 18.8 Å². The highest BCUT2D eigenvalue weighted by molar-refractivity contribution is 6.17. The quantitative estimate of drug-likeness (QED) is 0.140. The monoisotopic (exact) mass is 770 g/mol. The van der Waals surface area contributed by atoms with Crippen molar-refractivity contribution in [1.29, 1.82) is 0 Å². The molecule has 2 aromatic heterocycles. The Morgan fingerprint density at radius 1 is 0.909 bits per heavy atom. The van der Waals surface area contributed by atoms with E-state index in [2.05, 4.69) is 49.7 Å². The van der Waals surface area contributed by atoms with Gasteiger partial charge in [0.2, 0.25) is 11.7 Å². The van der Waals surface area contributed by atoms with Gasteiger partial charge in [0.1, 0.15) is 5.69 Å². The molecular weight excluding hydrogens is 716 g/mol. The highest BCUT2D eigenvalue weighted by atomic mass is 35.5. The van der Waals surface area contributed by atoms with Crippen LogP contribution in [-0.4, -0.2) is 86.0 Å². The number of aromatic amines is 1. The van der Waals surface area contributed by atoms with Crippen LogP contribution in [-0.2, 0) is 16.0 Å². The van der Waals surface area contributed by atoms with Crippen molar-refractivity contribution in [2.75, 3.05) is 24.5 Å². The first-order chi connectivity index (χ1) is 26.2. The number of halogens is 1. The number of anilines is 1. The standard InChI is InChI=1S/C41H54N10O3.ClH/c1-4-50(5-2)33-20-16-32(17-21-33)45-39(52)37-22-26(3)35(25-44-37)29-10-6-27(7-11-29)23-36(43)41(54)51(40(53)31-12-8-28(24-42)9-13-31)34-18-14-30(15-19-34)38-46-48-49-47-38;/h6-7,10-11,14-15,18-19,22,25,28,31-33,36H,4-5,8-9,12-13,16-17,20-21,23-24,42-43H2,1-3H3,(H,45,52)(H,46,47,48,49);1H/t28?,31?,32?,33?,36-;/m0./s1. The van der Waals surface area contributed by atoms with Gasteiger partial charge in [-0.1, -0.05) is 38.1 Å². The van der Waals surface area contributed by atoms with Crippen molar-refractivity contribution in [2.45, 2.75) is 96.7 Å². The van der Waals surface area contributed by atoms with Gasteiger partial charge in [-0.15, -0.1) is 22.6 Å². The number of pyridine rings is 1. The number of carbonyl (C=O) groups is 3. The number of H-pyrrole nitrogens is 1. The van der Waals surface area contributed by atoms with Gasteiger partial charge < -0.3 is 21.7 Å². The van der Waals surface area contributed by atoms with E-state index in [0.717, 1.165) is 73.9 Å². The molecule has 2 aromatic carbocycles. The van der Waals surface area contributed by atoms with Crippen LogP contribution in [0.1, 0.15) is 86.8 Å². The van der Waals surface area contributed by atoms with Gasteiger partial charge in [-0.3, -0.25) is 19.4 Å². The van der Waals surface area contributed by atoms with Crippen molar-refractivity contribution >= 4 is 35.8 Å². The average Bonchev–Trinajstić information content (AvgIpc) is 3.75. The lowest BCUT2D eigenvalue weighted by atomic mass is 9.81. The summed E-state index contributed by atoms with van der Waals surface area (Å²) in [5.41, 5.74) is 17.7. The van der Waals surface area contributed by atoms with Gasteiger partial charge in [0.05, 0.1) is 11.7 Å². The number of carbonyl (C=O) groups excluding carboxylic acids is 3. The van der Waals surface area contributed by atoms with Gasteiger partial charge in [-0.25, -0.2) is 4.90 Å². The predicted octanol–water partition coefficient (Wildman–Crippen LogP) is 5.24. The first kappa shape index (κ1) is 41.6. The Balaban J connectivity index is 0.00000580. The fourth-order valence-electron chi connectivity index (χ4n) is 8.13. The zero-order valence-corrected chi connectivity index (χ0v) is 32.9. The summed E-state index contributed by atoms with van der Waals surface area (Å²) in [7, 11) is 0. The topological polar surface area (TPSA) is 189 Å². The average molecular weight is 771 g/mol. The summed E-state index contributed by atoms with van der Waals surface area (Å²) in [5, 5.41) is 17.3. The van der Waals surface area contributed by atoms with E-state index in [0.29, 0.717) is 54.1 Å². The Kier molecular flexibility index (Phi) is 14.6. The van der Waals surface area contributed by atoms with Crippen LogP contribution in [0.3, 0.4) is 0 Å². The molecule has 14 heteroatoms. The van der Waals surface area contributed by atoms with Gasteiger partial charge >= 0.3 is 0 Å². The van der Waals surface area contributed by atoms with Crippen molar-refractivity contribution in [3.8, 4) is 22.5 Å². The first-order valence-electron chi connectivity index (χ1n) is 19.5. The number of rotatable bonds is 13. The van der Waals surface area contributed by atoms with E-state index in [4.69, 9.17) is 11.5 Å². The molecular formula is C41H55ClN10O3.